The summed E-state index contributed by atoms with van der Waals surface area (Å²) in [5, 5.41) is 3.13. The van der Waals surface area contributed by atoms with E-state index in [1.807, 2.05) is 19.1 Å². The highest BCUT2D eigenvalue weighted by atomic mass is 32.1. The number of benzene rings is 2. The maximum atomic E-state index is 14.0. The number of nitrogens with two attached hydrogens (primary N) is 2. The Balaban J connectivity index is 1.84. The van der Waals surface area contributed by atoms with E-state index in [1.165, 1.54) is 4.90 Å². The molecule has 36 heavy (non-hydrogen) atoms. The molecule has 1 saturated carbocycles. The summed E-state index contributed by atoms with van der Waals surface area (Å²) in [6.07, 6.45) is 3.88. The Hall–Kier alpha value is -3.92. The van der Waals surface area contributed by atoms with Crippen molar-refractivity contribution >= 4 is 40.6 Å². The van der Waals surface area contributed by atoms with E-state index in [0.29, 0.717) is 17.0 Å². The zero-order valence-corrected chi connectivity index (χ0v) is 21.0. The lowest BCUT2D eigenvalue weighted by Crippen LogP contribution is -2.46. The predicted molar refractivity (Wildman–Crippen MR) is 139 cm³/mol. The molecule has 0 spiro atoms. The van der Waals surface area contributed by atoms with E-state index in [-0.39, 0.29) is 28.2 Å². The van der Waals surface area contributed by atoms with Gasteiger partial charge < -0.3 is 21.5 Å². The van der Waals surface area contributed by atoms with Gasteiger partial charge >= 0.3 is 0 Å². The summed E-state index contributed by atoms with van der Waals surface area (Å²) < 4.78 is 9.27. The molecule has 3 amide bonds. The van der Waals surface area contributed by atoms with E-state index in [0.717, 1.165) is 42.8 Å². The van der Waals surface area contributed by atoms with E-state index in [2.05, 4.69) is 9.69 Å². The maximum absolute atomic E-state index is 14.0. The Bertz CT molecular complexity index is 1250. The molecule has 4 rings (SSSR count). The molecule has 1 aliphatic rings. The summed E-state index contributed by atoms with van der Waals surface area (Å²) in [7, 11) is 1.56. The summed E-state index contributed by atoms with van der Waals surface area (Å²) in [5.41, 5.74) is 13.3. The quantitative estimate of drug-likeness (QED) is 0.426. The number of aromatic nitrogens is 1. The Morgan fingerprint density at radius 1 is 1.08 bits per heavy atom. The second-order valence-electron chi connectivity index (χ2n) is 8.81. The van der Waals surface area contributed by atoms with Crippen LogP contribution in [0.4, 0.5) is 11.4 Å². The zero-order valence-electron chi connectivity index (χ0n) is 20.2. The summed E-state index contributed by atoms with van der Waals surface area (Å²) in [4.78, 5) is 41.0. The number of ether oxygens (including phenoxy) is 1. The van der Waals surface area contributed by atoms with Gasteiger partial charge in [-0.05, 0) is 61.1 Å². The first kappa shape index (κ1) is 25.2. The van der Waals surface area contributed by atoms with E-state index in [4.69, 9.17) is 16.2 Å². The summed E-state index contributed by atoms with van der Waals surface area (Å²) in [5.74, 6) is -1.06. The highest BCUT2D eigenvalue weighted by molar-refractivity contribution is 7.09. The number of rotatable bonds is 8. The minimum absolute atomic E-state index is 0.0385. The largest absolute Gasteiger partial charge is 0.497 e. The number of hydrogen-bond donors (Lipinski definition) is 3. The number of aryl methyl sites for hydroxylation is 1. The van der Waals surface area contributed by atoms with Crippen molar-refractivity contribution in [2.45, 2.75) is 44.7 Å². The van der Waals surface area contributed by atoms with Gasteiger partial charge in [0.05, 0.1) is 12.8 Å². The molecule has 188 valence electrons. The van der Waals surface area contributed by atoms with Crippen molar-refractivity contribution in [2.24, 2.45) is 5.73 Å². The molecule has 1 fully saturated rings. The standard InChI is InChI=1S/C26H29N5O4S/c1-15-7-11-18(12-8-15)31(26(34)23-20(27)21(24(28)32)30-36-23)22(16-9-13-19(35-2)14-10-16)25(33)29-17-5-3-4-6-17/h7-14,17,22H,3-6,27H2,1-2H3,(H2,28,32)(H,29,33)/t22-/m0/s1. The van der Waals surface area contributed by atoms with Crippen molar-refractivity contribution in [3.63, 3.8) is 0 Å². The molecule has 2 aromatic carbocycles. The third-order valence-corrected chi connectivity index (χ3v) is 7.18. The molecule has 10 heteroatoms. The third-order valence-electron chi connectivity index (χ3n) is 6.33. The number of amides is 3. The van der Waals surface area contributed by atoms with Crippen molar-refractivity contribution < 1.29 is 19.1 Å². The molecular weight excluding hydrogens is 478 g/mol. The predicted octanol–water partition coefficient (Wildman–Crippen LogP) is 3.59. The average Bonchev–Trinajstić information content (AvgIpc) is 3.52. The Morgan fingerprint density at radius 2 is 1.72 bits per heavy atom. The minimum atomic E-state index is -1.01. The number of nitrogens with zero attached hydrogens (tertiary/aromatic N) is 2. The summed E-state index contributed by atoms with van der Waals surface area (Å²) >= 11 is 0.783. The van der Waals surface area contributed by atoms with Crippen LogP contribution in [0.25, 0.3) is 0 Å². The highest BCUT2D eigenvalue weighted by Crippen LogP contribution is 2.34. The molecular formula is C26H29N5O4S. The molecule has 3 aromatic rings. The molecule has 1 aromatic heterocycles. The van der Waals surface area contributed by atoms with Gasteiger partial charge in [0.15, 0.2) is 5.69 Å². The van der Waals surface area contributed by atoms with Crippen LogP contribution in [0, 0.1) is 6.92 Å². The van der Waals surface area contributed by atoms with Crippen molar-refractivity contribution in [1.82, 2.24) is 9.69 Å². The number of methoxy groups -OCH3 is 1. The summed E-state index contributed by atoms with van der Waals surface area (Å²) in [6, 6.07) is 13.3. The fraction of sp³-hybridized carbons (Fsp3) is 0.308. The van der Waals surface area contributed by atoms with E-state index in [1.54, 1.807) is 43.5 Å². The average molecular weight is 508 g/mol. The first-order valence-corrected chi connectivity index (χ1v) is 12.5. The smallest absolute Gasteiger partial charge is 0.273 e. The van der Waals surface area contributed by atoms with Crippen LogP contribution < -0.4 is 26.4 Å². The number of carbonyl (C=O) groups excluding carboxylic acids is 3. The van der Waals surface area contributed by atoms with Gasteiger partial charge in [0.2, 0.25) is 5.91 Å². The SMILES string of the molecule is COc1ccc([C@@H](C(=O)NC2CCCC2)N(C(=O)c2snc(C(N)=O)c2N)c2ccc(C)cc2)cc1. The fourth-order valence-corrected chi connectivity index (χ4v) is 5.12. The van der Waals surface area contributed by atoms with Crippen LogP contribution in [0.2, 0.25) is 0 Å². The lowest BCUT2D eigenvalue weighted by molar-refractivity contribution is -0.123. The summed E-state index contributed by atoms with van der Waals surface area (Å²) in [6.45, 7) is 1.93. The first-order chi connectivity index (χ1) is 17.3. The van der Waals surface area contributed by atoms with Crippen LogP contribution in [-0.2, 0) is 4.79 Å². The molecule has 1 aliphatic carbocycles. The van der Waals surface area contributed by atoms with Crippen molar-refractivity contribution in [3.05, 3.63) is 70.2 Å². The van der Waals surface area contributed by atoms with Crippen molar-refractivity contribution in [2.75, 3.05) is 17.7 Å². The van der Waals surface area contributed by atoms with E-state index in [9.17, 15) is 14.4 Å². The molecule has 0 aliphatic heterocycles. The molecule has 5 N–H and O–H groups in total. The van der Waals surface area contributed by atoms with E-state index < -0.39 is 17.9 Å². The number of anilines is 2. The lowest BCUT2D eigenvalue weighted by Gasteiger charge is -2.32. The Labute approximate surface area is 213 Å². The second kappa shape index (κ2) is 10.8. The fourth-order valence-electron chi connectivity index (χ4n) is 4.38. The van der Waals surface area contributed by atoms with Crippen LogP contribution in [0.5, 0.6) is 5.75 Å². The molecule has 0 saturated heterocycles. The maximum Gasteiger partial charge on any atom is 0.273 e. The van der Waals surface area contributed by atoms with Gasteiger partial charge in [-0.2, -0.15) is 4.37 Å². The molecule has 0 bridgehead atoms. The van der Waals surface area contributed by atoms with Gasteiger partial charge in [-0.3, -0.25) is 19.3 Å². The van der Waals surface area contributed by atoms with Crippen LogP contribution >= 0.6 is 11.5 Å². The van der Waals surface area contributed by atoms with Gasteiger partial charge in [0.1, 0.15) is 16.7 Å². The second-order valence-corrected chi connectivity index (χ2v) is 9.59. The number of hydrogen-bond acceptors (Lipinski definition) is 7. The van der Waals surface area contributed by atoms with Crippen molar-refractivity contribution in [3.8, 4) is 5.75 Å². The van der Waals surface area contributed by atoms with Gasteiger partial charge in [-0.25, -0.2) is 0 Å². The van der Waals surface area contributed by atoms with E-state index >= 15 is 0 Å². The number of carbonyl (C=O) groups is 3. The number of nitrogens with one attached hydrogen (secondary N) is 1. The van der Waals surface area contributed by atoms with Crippen LogP contribution in [0.15, 0.2) is 48.5 Å². The molecule has 0 radical (unpaired) electrons. The van der Waals surface area contributed by atoms with Gasteiger partial charge in [0.25, 0.3) is 11.8 Å². The topological polar surface area (TPSA) is 141 Å². The van der Waals surface area contributed by atoms with Crippen LogP contribution in [-0.4, -0.2) is 35.2 Å². The third kappa shape index (κ3) is 5.18. The molecule has 9 nitrogen and oxygen atoms in total. The monoisotopic (exact) mass is 507 g/mol. The number of nitrogen functional groups attached to an aromatic ring is 1. The number of primary amides is 1. The molecule has 0 unspecified atom stereocenters. The van der Waals surface area contributed by atoms with Gasteiger partial charge in [-0.1, -0.05) is 42.7 Å². The zero-order chi connectivity index (χ0) is 25.8. The molecule has 1 heterocycles. The first-order valence-electron chi connectivity index (χ1n) is 11.7. The Kier molecular flexibility index (Phi) is 7.54. The Morgan fingerprint density at radius 3 is 2.28 bits per heavy atom. The minimum Gasteiger partial charge on any atom is -0.497 e. The normalized spacial score (nSPS) is 14.3. The van der Waals surface area contributed by atoms with Gasteiger partial charge in [0, 0.05) is 11.7 Å². The van der Waals surface area contributed by atoms with Gasteiger partial charge in [-0.15, -0.1) is 0 Å². The van der Waals surface area contributed by atoms with Crippen LogP contribution in [0.1, 0.15) is 63.0 Å². The highest BCUT2D eigenvalue weighted by Gasteiger charge is 2.37. The lowest BCUT2D eigenvalue weighted by atomic mass is 10.0. The molecule has 1 atom stereocenters. The van der Waals surface area contributed by atoms with Crippen LogP contribution in [0.3, 0.4) is 0 Å². The van der Waals surface area contributed by atoms with Crippen molar-refractivity contribution in [1.29, 1.82) is 0 Å².